The molecular weight excluding hydrogens is 476 g/mol. The molecular formula is C25H24F4N6O. The molecule has 0 radical (unpaired) electrons. The number of pyridine rings is 2. The van der Waals surface area contributed by atoms with E-state index >= 15 is 0 Å². The molecule has 5 rings (SSSR count). The van der Waals surface area contributed by atoms with Crippen molar-refractivity contribution in [1.82, 2.24) is 24.6 Å². The van der Waals surface area contributed by atoms with Gasteiger partial charge in [-0.2, -0.15) is 18.3 Å². The van der Waals surface area contributed by atoms with Gasteiger partial charge in [0.1, 0.15) is 11.6 Å². The van der Waals surface area contributed by atoms with Crippen LogP contribution in [0.1, 0.15) is 18.5 Å². The molecule has 1 unspecified atom stereocenters. The maximum atomic E-state index is 14.7. The van der Waals surface area contributed by atoms with Crippen LogP contribution in [0.15, 0.2) is 61.1 Å². The van der Waals surface area contributed by atoms with Crippen molar-refractivity contribution in [2.75, 3.05) is 25.5 Å². The van der Waals surface area contributed by atoms with Crippen LogP contribution in [0.5, 0.6) is 0 Å². The van der Waals surface area contributed by atoms with Gasteiger partial charge in [-0.15, -0.1) is 0 Å². The van der Waals surface area contributed by atoms with Gasteiger partial charge in [-0.1, -0.05) is 0 Å². The zero-order valence-corrected chi connectivity index (χ0v) is 19.4. The summed E-state index contributed by atoms with van der Waals surface area (Å²) >= 11 is 0. The number of halogens is 4. The molecule has 4 aromatic rings. The molecule has 2 N–H and O–H groups in total. The van der Waals surface area contributed by atoms with Gasteiger partial charge in [0.05, 0.1) is 22.6 Å². The molecule has 0 aliphatic carbocycles. The molecule has 7 nitrogen and oxygen atoms in total. The molecule has 188 valence electrons. The minimum atomic E-state index is -4.90. The Kier molecular flexibility index (Phi) is 6.13. The fourth-order valence-electron chi connectivity index (χ4n) is 4.62. The molecule has 1 aromatic carbocycles. The van der Waals surface area contributed by atoms with Gasteiger partial charge in [0.15, 0.2) is 0 Å². The number of alkyl halides is 3. The van der Waals surface area contributed by atoms with Crippen LogP contribution >= 0.6 is 0 Å². The highest BCUT2D eigenvalue weighted by atomic mass is 19.4. The molecule has 11 heteroatoms. The van der Waals surface area contributed by atoms with Gasteiger partial charge in [0.2, 0.25) is 5.60 Å². The summed E-state index contributed by atoms with van der Waals surface area (Å²) in [5.41, 5.74) is -2.67. The number of aromatic nitrogens is 4. The third-order valence-electron chi connectivity index (χ3n) is 6.69. The van der Waals surface area contributed by atoms with E-state index in [1.54, 1.807) is 24.5 Å². The van der Waals surface area contributed by atoms with Crippen molar-refractivity contribution in [3.63, 3.8) is 0 Å². The highest BCUT2D eigenvalue weighted by molar-refractivity contribution is 5.81. The van der Waals surface area contributed by atoms with Gasteiger partial charge in [-0.25, -0.2) is 19.0 Å². The Morgan fingerprint density at radius 2 is 1.86 bits per heavy atom. The molecule has 0 spiro atoms. The van der Waals surface area contributed by atoms with Gasteiger partial charge in [-0.05, 0) is 63.3 Å². The second kappa shape index (κ2) is 9.14. The minimum Gasteiger partial charge on any atom is -0.375 e. The van der Waals surface area contributed by atoms with Crippen LogP contribution in [0, 0.1) is 11.7 Å². The Labute approximate surface area is 204 Å². The van der Waals surface area contributed by atoms with Crippen LogP contribution in [-0.4, -0.2) is 56.1 Å². The molecule has 4 heterocycles. The first-order valence-corrected chi connectivity index (χ1v) is 11.5. The summed E-state index contributed by atoms with van der Waals surface area (Å²) in [6.07, 6.45) is 0.196. The zero-order chi connectivity index (χ0) is 25.5. The number of likely N-dealkylation sites (tertiary alicyclic amines) is 1. The van der Waals surface area contributed by atoms with Crippen LogP contribution in [0.3, 0.4) is 0 Å². The number of benzene rings is 1. The summed E-state index contributed by atoms with van der Waals surface area (Å²) < 4.78 is 59.0. The van der Waals surface area contributed by atoms with Gasteiger partial charge in [-0.3, -0.25) is 0 Å². The Morgan fingerprint density at radius 1 is 1.08 bits per heavy atom. The highest BCUT2D eigenvalue weighted by Crippen LogP contribution is 2.47. The first-order chi connectivity index (χ1) is 17.1. The van der Waals surface area contributed by atoms with E-state index in [1.165, 1.54) is 41.2 Å². The molecule has 3 aromatic heterocycles. The van der Waals surface area contributed by atoms with Crippen molar-refractivity contribution in [3.8, 4) is 5.69 Å². The van der Waals surface area contributed by atoms with Crippen LogP contribution in [0.2, 0.25) is 0 Å². The topological polar surface area (TPSA) is 79.1 Å². The minimum absolute atomic E-state index is 0.132. The number of hydrogen-bond acceptors (Lipinski definition) is 6. The number of piperidine rings is 1. The lowest BCUT2D eigenvalue weighted by Gasteiger charge is -2.41. The first kappa shape index (κ1) is 24.1. The smallest absolute Gasteiger partial charge is 0.375 e. The SMILES string of the molecule is CN1CCC(C(O)(c2ccc3cnc(Nc4ccc(-n5cccn5)cc4F)cc3n2)C(F)(F)F)CC1. The summed E-state index contributed by atoms with van der Waals surface area (Å²) in [5, 5.41) is 18.4. The van der Waals surface area contributed by atoms with Gasteiger partial charge in [0, 0.05) is 42.0 Å². The Morgan fingerprint density at radius 3 is 2.53 bits per heavy atom. The fraction of sp³-hybridized carbons (Fsp3) is 0.320. The summed E-state index contributed by atoms with van der Waals surface area (Å²) in [7, 11) is 1.84. The van der Waals surface area contributed by atoms with E-state index in [2.05, 4.69) is 20.4 Å². The third-order valence-corrected chi connectivity index (χ3v) is 6.69. The van der Waals surface area contributed by atoms with E-state index in [1.807, 2.05) is 11.9 Å². The average Bonchev–Trinajstić information content (AvgIpc) is 3.39. The average molecular weight is 501 g/mol. The van der Waals surface area contributed by atoms with E-state index in [9.17, 15) is 22.7 Å². The number of nitrogens with one attached hydrogen (secondary N) is 1. The van der Waals surface area contributed by atoms with E-state index in [0.29, 0.717) is 24.2 Å². The summed E-state index contributed by atoms with van der Waals surface area (Å²) in [6.45, 7) is 0.915. The molecule has 0 bridgehead atoms. The second-order valence-corrected chi connectivity index (χ2v) is 9.04. The molecule has 1 aliphatic rings. The summed E-state index contributed by atoms with van der Waals surface area (Å²) in [4.78, 5) is 10.4. The van der Waals surface area contributed by atoms with Crippen LogP contribution < -0.4 is 5.32 Å². The fourth-order valence-corrected chi connectivity index (χ4v) is 4.62. The molecule has 1 atom stereocenters. The number of fused-ring (bicyclic) bond motifs is 1. The van der Waals surface area contributed by atoms with Crippen molar-refractivity contribution in [2.45, 2.75) is 24.6 Å². The first-order valence-electron chi connectivity index (χ1n) is 11.5. The molecule has 1 fully saturated rings. The second-order valence-electron chi connectivity index (χ2n) is 9.04. The number of hydrogen-bond donors (Lipinski definition) is 2. The largest absolute Gasteiger partial charge is 0.423 e. The van der Waals surface area contributed by atoms with Crippen molar-refractivity contribution < 1.29 is 22.7 Å². The van der Waals surface area contributed by atoms with Crippen molar-refractivity contribution in [3.05, 3.63) is 72.6 Å². The van der Waals surface area contributed by atoms with Crippen molar-refractivity contribution >= 4 is 22.4 Å². The number of nitrogens with zero attached hydrogens (tertiary/aromatic N) is 5. The van der Waals surface area contributed by atoms with Gasteiger partial charge >= 0.3 is 6.18 Å². The molecule has 1 saturated heterocycles. The number of aliphatic hydroxyl groups is 1. The van der Waals surface area contributed by atoms with E-state index in [-0.39, 0.29) is 29.9 Å². The van der Waals surface area contributed by atoms with Crippen LogP contribution in [0.4, 0.5) is 29.1 Å². The monoisotopic (exact) mass is 500 g/mol. The Hall–Kier alpha value is -3.57. The predicted molar refractivity (Wildman–Crippen MR) is 127 cm³/mol. The molecule has 36 heavy (non-hydrogen) atoms. The molecule has 0 amide bonds. The summed E-state index contributed by atoms with van der Waals surface area (Å²) in [6, 6.07) is 10.3. The maximum Gasteiger partial charge on any atom is 0.423 e. The summed E-state index contributed by atoms with van der Waals surface area (Å²) in [5.74, 6) is -1.37. The standard InChI is InChI=1S/C25H24F4N6O/c1-34-11-7-17(8-12-34)24(36,25(27,28)29)22-6-3-16-15-30-23(14-21(16)32-22)33-20-5-4-18(13-19(20)26)35-10-2-9-31-35/h2-6,9-10,13-15,17,36H,7-8,11-12H2,1H3,(H,30,33). The van der Waals surface area contributed by atoms with Gasteiger partial charge in [0.25, 0.3) is 0 Å². The number of anilines is 2. The lowest BCUT2D eigenvalue weighted by molar-refractivity contribution is -0.292. The zero-order valence-electron chi connectivity index (χ0n) is 19.4. The molecule has 0 saturated carbocycles. The van der Waals surface area contributed by atoms with E-state index in [0.717, 1.165) is 0 Å². The number of rotatable bonds is 5. The lowest BCUT2D eigenvalue weighted by atomic mass is 9.77. The quantitative estimate of drug-likeness (QED) is 0.384. The van der Waals surface area contributed by atoms with Crippen LogP contribution in [0.25, 0.3) is 16.6 Å². The third kappa shape index (κ3) is 4.40. The van der Waals surface area contributed by atoms with Crippen LogP contribution in [-0.2, 0) is 5.60 Å². The van der Waals surface area contributed by atoms with E-state index in [4.69, 9.17) is 0 Å². The van der Waals surface area contributed by atoms with E-state index < -0.39 is 29.2 Å². The Balaban J connectivity index is 1.46. The highest BCUT2D eigenvalue weighted by Gasteiger charge is 2.60. The van der Waals surface area contributed by atoms with Crippen molar-refractivity contribution in [1.29, 1.82) is 0 Å². The maximum absolute atomic E-state index is 14.7. The lowest BCUT2D eigenvalue weighted by Crippen LogP contribution is -2.52. The predicted octanol–water partition coefficient (Wildman–Crippen LogP) is 4.79. The van der Waals surface area contributed by atoms with Crippen molar-refractivity contribution in [2.24, 2.45) is 5.92 Å². The van der Waals surface area contributed by atoms with Gasteiger partial charge < -0.3 is 15.3 Å². The normalized spacial score (nSPS) is 17.3. The Bertz CT molecular complexity index is 1370. The molecule has 1 aliphatic heterocycles.